The van der Waals surface area contributed by atoms with Crippen LogP contribution in [-0.4, -0.2) is 25.5 Å². The average Bonchev–Trinajstić information content (AvgIpc) is 2.64. The molecule has 0 saturated heterocycles. The Morgan fingerprint density at radius 2 is 2.00 bits per heavy atom. The normalized spacial score (nSPS) is 16.3. The van der Waals surface area contributed by atoms with Crippen LogP contribution in [0.25, 0.3) is 0 Å². The van der Waals surface area contributed by atoms with Gasteiger partial charge in [-0.25, -0.2) is 0 Å². The van der Waals surface area contributed by atoms with Crippen molar-refractivity contribution in [2.45, 2.75) is 44.2 Å². The largest absolute Gasteiger partial charge is 0.344 e. The van der Waals surface area contributed by atoms with Crippen LogP contribution < -0.4 is 16.4 Å². The highest BCUT2D eigenvalue weighted by Gasteiger charge is 2.22. The predicted octanol–water partition coefficient (Wildman–Crippen LogP) is 2.84. The van der Waals surface area contributed by atoms with Crippen LogP contribution >= 0.6 is 0 Å². The molecule has 2 rings (SSSR count). The summed E-state index contributed by atoms with van der Waals surface area (Å²) in [6, 6.07) is 9.87. The molecule has 0 bridgehead atoms. The molecule has 24 heavy (non-hydrogen) atoms. The summed E-state index contributed by atoms with van der Waals surface area (Å²) in [5, 5.41) is 6.36. The van der Waals surface area contributed by atoms with Crippen molar-refractivity contribution in [3.63, 3.8) is 0 Å². The van der Waals surface area contributed by atoms with E-state index in [1.165, 1.54) is 0 Å². The van der Waals surface area contributed by atoms with Crippen molar-refractivity contribution in [2.24, 2.45) is 5.73 Å². The monoisotopic (exact) mass is 327 g/mol. The van der Waals surface area contributed by atoms with E-state index in [1.54, 1.807) is 0 Å². The van der Waals surface area contributed by atoms with E-state index >= 15 is 0 Å². The molecule has 2 atom stereocenters. The second kappa shape index (κ2) is 10.1. The third-order valence-corrected chi connectivity index (χ3v) is 4.39. The topological polar surface area (TPSA) is 67.1 Å². The van der Waals surface area contributed by atoms with Crippen LogP contribution in [0.15, 0.2) is 54.1 Å². The number of hydrogen-bond acceptors (Lipinski definition) is 3. The molecule has 2 unspecified atom stereocenters. The molecule has 4 N–H and O–H groups in total. The lowest BCUT2D eigenvalue weighted by atomic mass is 9.94. The van der Waals surface area contributed by atoms with Gasteiger partial charge < -0.3 is 16.4 Å². The minimum atomic E-state index is -0.184. The fourth-order valence-corrected chi connectivity index (χ4v) is 2.99. The molecule has 4 nitrogen and oxygen atoms in total. The highest BCUT2D eigenvalue weighted by Crippen LogP contribution is 2.26. The van der Waals surface area contributed by atoms with Crippen molar-refractivity contribution in [1.82, 2.24) is 10.6 Å². The summed E-state index contributed by atoms with van der Waals surface area (Å²) in [6.07, 6.45) is 11.3. The predicted molar refractivity (Wildman–Crippen MR) is 99.5 cm³/mol. The van der Waals surface area contributed by atoms with Crippen molar-refractivity contribution in [3.05, 3.63) is 59.7 Å². The summed E-state index contributed by atoms with van der Waals surface area (Å²) in [5.74, 6) is 0.0447. The molecule has 4 heteroatoms. The van der Waals surface area contributed by atoms with Gasteiger partial charge in [-0.1, -0.05) is 55.0 Å². The van der Waals surface area contributed by atoms with E-state index in [2.05, 4.69) is 41.0 Å². The number of allylic oxidation sites excluding steroid dienone is 2. The van der Waals surface area contributed by atoms with Gasteiger partial charge in [0.2, 0.25) is 5.91 Å². The fourth-order valence-electron chi connectivity index (χ4n) is 2.99. The molecule has 0 heterocycles. The minimum Gasteiger partial charge on any atom is -0.344 e. The maximum atomic E-state index is 12.7. The maximum Gasteiger partial charge on any atom is 0.237 e. The number of benzene rings is 1. The Bertz CT molecular complexity index is 566. The first-order valence-electron chi connectivity index (χ1n) is 8.85. The zero-order chi connectivity index (χ0) is 17.2. The first-order valence-corrected chi connectivity index (χ1v) is 8.85. The smallest absolute Gasteiger partial charge is 0.237 e. The van der Waals surface area contributed by atoms with Gasteiger partial charge in [0.25, 0.3) is 0 Å². The number of carbonyl (C=O) groups is 1. The number of carbonyl (C=O) groups excluding carboxylic acids is 1. The molecule has 0 radical (unpaired) electrons. The fraction of sp³-hybridized carbons (Fsp3) is 0.450. The van der Waals surface area contributed by atoms with Gasteiger partial charge in [0.15, 0.2) is 0 Å². The zero-order valence-corrected chi connectivity index (χ0v) is 14.5. The summed E-state index contributed by atoms with van der Waals surface area (Å²) >= 11 is 0. The summed E-state index contributed by atoms with van der Waals surface area (Å²) in [4.78, 5) is 12.7. The van der Waals surface area contributed by atoms with E-state index in [0.717, 1.165) is 43.2 Å². The molecule has 1 aliphatic carbocycles. The standard InChI is InChI=1S/C20H29N3O/c1-22-18(14-8-9-15-21)20(24)23-19(16-10-4-2-5-11-16)17-12-6-3-7-13-17/h2,4-6,10-13,18-19,22H,3,7-9,14-15,21H2,1H3,(H,23,24). The molecule has 0 spiro atoms. The molecular weight excluding hydrogens is 298 g/mol. The molecule has 1 aromatic rings. The SMILES string of the molecule is CNC(CCCCN)C(=O)NC(C1=CCCC=C1)c1ccccc1. The van der Waals surface area contributed by atoms with Crippen molar-refractivity contribution < 1.29 is 4.79 Å². The molecule has 0 aliphatic heterocycles. The van der Waals surface area contributed by atoms with Gasteiger partial charge in [0.1, 0.15) is 0 Å². The first kappa shape index (κ1) is 18.4. The van der Waals surface area contributed by atoms with Gasteiger partial charge >= 0.3 is 0 Å². The van der Waals surface area contributed by atoms with E-state index in [4.69, 9.17) is 5.73 Å². The van der Waals surface area contributed by atoms with Crippen LogP contribution in [0.1, 0.15) is 43.7 Å². The molecule has 0 fully saturated rings. The quantitative estimate of drug-likeness (QED) is 0.611. The lowest BCUT2D eigenvalue weighted by Gasteiger charge is -2.25. The van der Waals surface area contributed by atoms with E-state index in [1.807, 2.05) is 25.2 Å². The van der Waals surface area contributed by atoms with Gasteiger partial charge in [-0.05, 0) is 50.4 Å². The van der Waals surface area contributed by atoms with Crippen molar-refractivity contribution in [1.29, 1.82) is 0 Å². The average molecular weight is 327 g/mol. The number of rotatable bonds is 9. The molecule has 1 aliphatic rings. The number of amides is 1. The molecule has 0 aromatic heterocycles. The van der Waals surface area contributed by atoms with E-state index in [-0.39, 0.29) is 18.0 Å². The number of likely N-dealkylation sites (N-methyl/N-ethyl adjacent to an activating group) is 1. The van der Waals surface area contributed by atoms with Crippen LogP contribution in [0, 0.1) is 0 Å². The van der Waals surface area contributed by atoms with E-state index in [0.29, 0.717) is 6.54 Å². The number of nitrogens with one attached hydrogen (secondary N) is 2. The second-order valence-corrected chi connectivity index (χ2v) is 6.16. The minimum absolute atomic E-state index is 0.0447. The lowest BCUT2D eigenvalue weighted by Crippen LogP contribution is -2.44. The van der Waals surface area contributed by atoms with Crippen molar-refractivity contribution >= 4 is 5.91 Å². The van der Waals surface area contributed by atoms with Crippen LogP contribution in [0.5, 0.6) is 0 Å². The van der Waals surface area contributed by atoms with E-state index in [9.17, 15) is 4.79 Å². The van der Waals surface area contributed by atoms with E-state index < -0.39 is 0 Å². The Balaban J connectivity index is 2.11. The Morgan fingerprint density at radius 1 is 1.21 bits per heavy atom. The molecular formula is C20H29N3O. The Labute approximate surface area is 145 Å². The highest BCUT2D eigenvalue weighted by molar-refractivity contribution is 5.82. The van der Waals surface area contributed by atoms with Crippen LogP contribution in [0.2, 0.25) is 0 Å². The van der Waals surface area contributed by atoms with Crippen LogP contribution in [0.4, 0.5) is 0 Å². The van der Waals surface area contributed by atoms with Crippen molar-refractivity contribution in [2.75, 3.05) is 13.6 Å². The number of hydrogen-bond donors (Lipinski definition) is 3. The lowest BCUT2D eigenvalue weighted by molar-refractivity contribution is -0.123. The summed E-state index contributed by atoms with van der Waals surface area (Å²) < 4.78 is 0. The Kier molecular flexibility index (Phi) is 7.72. The summed E-state index contributed by atoms with van der Waals surface area (Å²) in [7, 11) is 1.84. The number of unbranched alkanes of at least 4 members (excludes halogenated alkanes) is 1. The van der Waals surface area contributed by atoms with Gasteiger partial charge in [-0.2, -0.15) is 0 Å². The second-order valence-electron chi connectivity index (χ2n) is 6.16. The maximum absolute atomic E-state index is 12.7. The molecule has 130 valence electrons. The third kappa shape index (κ3) is 5.32. The highest BCUT2D eigenvalue weighted by atomic mass is 16.2. The Hall–Kier alpha value is -1.91. The summed E-state index contributed by atoms with van der Waals surface area (Å²) in [6.45, 7) is 0.669. The molecule has 0 saturated carbocycles. The van der Waals surface area contributed by atoms with Gasteiger partial charge in [-0.15, -0.1) is 0 Å². The van der Waals surface area contributed by atoms with Crippen molar-refractivity contribution in [3.8, 4) is 0 Å². The number of nitrogens with two attached hydrogens (primary N) is 1. The Morgan fingerprint density at radius 3 is 2.62 bits per heavy atom. The first-order chi connectivity index (χ1) is 11.8. The third-order valence-electron chi connectivity index (χ3n) is 4.39. The zero-order valence-electron chi connectivity index (χ0n) is 14.5. The van der Waals surface area contributed by atoms with Crippen LogP contribution in [-0.2, 0) is 4.79 Å². The van der Waals surface area contributed by atoms with Crippen LogP contribution in [0.3, 0.4) is 0 Å². The van der Waals surface area contributed by atoms with Gasteiger partial charge in [0.05, 0.1) is 12.1 Å². The molecule has 1 amide bonds. The molecule has 1 aromatic carbocycles. The van der Waals surface area contributed by atoms with Gasteiger partial charge in [0, 0.05) is 0 Å². The summed E-state index contributed by atoms with van der Waals surface area (Å²) in [5.41, 5.74) is 7.83. The van der Waals surface area contributed by atoms with Gasteiger partial charge in [-0.3, -0.25) is 4.79 Å².